The third kappa shape index (κ3) is 2.39. The molecule has 0 amide bonds. The van der Waals surface area contributed by atoms with Gasteiger partial charge in [-0.15, -0.1) is 0 Å². The number of carbonyl (C=O) groups is 1. The lowest BCUT2D eigenvalue weighted by atomic mass is 10.0. The third-order valence-electron chi connectivity index (χ3n) is 3.72. The summed E-state index contributed by atoms with van der Waals surface area (Å²) in [6.07, 6.45) is 1.17. The van der Waals surface area contributed by atoms with Crippen molar-refractivity contribution in [2.75, 3.05) is 12.4 Å². The van der Waals surface area contributed by atoms with E-state index in [2.05, 4.69) is 11.4 Å². The fourth-order valence-electron chi connectivity index (χ4n) is 2.65. The van der Waals surface area contributed by atoms with Gasteiger partial charge in [-0.1, -0.05) is 36.4 Å². The van der Waals surface area contributed by atoms with Gasteiger partial charge in [-0.25, -0.2) is 0 Å². The number of nitrogens with one attached hydrogen (secondary N) is 1. The number of rotatable bonds is 4. The number of Topliss-reactive ketones (excluding diaryl/α,β-unsaturated/α-hetero) is 1. The largest absolute Gasteiger partial charge is 0.496 e. The first kappa shape index (κ1) is 12.7. The number of benzene rings is 2. The summed E-state index contributed by atoms with van der Waals surface area (Å²) in [4.78, 5) is 12.4. The third-order valence-corrected chi connectivity index (χ3v) is 3.72. The highest BCUT2D eigenvalue weighted by Gasteiger charge is 2.26. The molecule has 0 bridgehead atoms. The van der Waals surface area contributed by atoms with Crippen molar-refractivity contribution in [2.24, 2.45) is 0 Å². The molecule has 1 atom stereocenters. The number of hydrogen-bond acceptors (Lipinski definition) is 3. The first-order valence-corrected chi connectivity index (χ1v) is 6.77. The van der Waals surface area contributed by atoms with Crippen LogP contribution in [-0.2, 0) is 17.6 Å². The van der Waals surface area contributed by atoms with E-state index in [4.69, 9.17) is 4.74 Å². The lowest BCUT2D eigenvalue weighted by molar-refractivity contribution is -0.119. The summed E-state index contributed by atoms with van der Waals surface area (Å²) in [7, 11) is 1.63. The molecule has 3 rings (SSSR count). The second-order valence-corrected chi connectivity index (χ2v) is 5.01. The Kier molecular flexibility index (Phi) is 3.42. The predicted octanol–water partition coefficient (Wildman–Crippen LogP) is 2.84. The average molecular weight is 267 g/mol. The van der Waals surface area contributed by atoms with Crippen molar-refractivity contribution in [3.8, 4) is 5.75 Å². The molecule has 3 heteroatoms. The maximum Gasteiger partial charge on any atom is 0.159 e. The molecule has 3 nitrogen and oxygen atoms in total. The monoisotopic (exact) mass is 267 g/mol. The van der Waals surface area contributed by atoms with Crippen molar-refractivity contribution in [2.45, 2.75) is 18.9 Å². The maximum atomic E-state index is 12.4. The van der Waals surface area contributed by atoms with Crippen LogP contribution in [-0.4, -0.2) is 18.9 Å². The molecular formula is C17H17NO2. The van der Waals surface area contributed by atoms with Crippen molar-refractivity contribution in [3.05, 3.63) is 59.7 Å². The number of para-hydroxylation sites is 2. The molecule has 0 fully saturated rings. The summed E-state index contributed by atoms with van der Waals surface area (Å²) in [5.41, 5.74) is 3.23. The van der Waals surface area contributed by atoms with Crippen LogP contribution in [0.15, 0.2) is 48.5 Å². The number of ketones is 1. The summed E-state index contributed by atoms with van der Waals surface area (Å²) in [6.45, 7) is 0. The molecule has 1 aliphatic heterocycles. The van der Waals surface area contributed by atoms with Gasteiger partial charge in [-0.05, 0) is 17.7 Å². The number of carbonyl (C=O) groups excluding carboxylic acids is 1. The smallest absolute Gasteiger partial charge is 0.159 e. The average Bonchev–Trinajstić information content (AvgIpc) is 2.92. The zero-order valence-corrected chi connectivity index (χ0v) is 11.4. The van der Waals surface area contributed by atoms with Crippen molar-refractivity contribution in [3.63, 3.8) is 0 Å². The summed E-state index contributed by atoms with van der Waals surface area (Å²) in [5, 5.41) is 3.30. The molecule has 1 N–H and O–H groups in total. The van der Waals surface area contributed by atoms with Gasteiger partial charge in [0, 0.05) is 24.1 Å². The minimum absolute atomic E-state index is 0.127. The maximum absolute atomic E-state index is 12.4. The molecule has 20 heavy (non-hydrogen) atoms. The Bertz CT molecular complexity index is 611. The van der Waals surface area contributed by atoms with E-state index in [1.165, 1.54) is 5.56 Å². The number of ether oxygens (including phenoxy) is 1. The Labute approximate surface area is 118 Å². The lowest BCUT2D eigenvalue weighted by Crippen LogP contribution is -2.28. The zero-order valence-electron chi connectivity index (χ0n) is 11.4. The van der Waals surface area contributed by atoms with Crippen molar-refractivity contribution in [1.82, 2.24) is 0 Å². The molecule has 0 radical (unpaired) electrons. The molecular weight excluding hydrogens is 250 g/mol. The SMILES string of the molecule is COc1ccccc1CC(=O)C1Cc2ccccc2N1. The van der Waals surface area contributed by atoms with Gasteiger partial charge >= 0.3 is 0 Å². The molecule has 0 aromatic heterocycles. The lowest BCUT2D eigenvalue weighted by Gasteiger charge is -2.12. The number of anilines is 1. The fourth-order valence-corrected chi connectivity index (χ4v) is 2.65. The van der Waals surface area contributed by atoms with Gasteiger partial charge < -0.3 is 10.1 Å². The van der Waals surface area contributed by atoms with Crippen LogP contribution in [0.3, 0.4) is 0 Å². The molecule has 2 aromatic carbocycles. The minimum atomic E-state index is -0.127. The fraction of sp³-hybridized carbons (Fsp3) is 0.235. The summed E-state index contributed by atoms with van der Waals surface area (Å²) < 4.78 is 5.30. The zero-order chi connectivity index (χ0) is 13.9. The van der Waals surface area contributed by atoms with Gasteiger partial charge in [0.25, 0.3) is 0 Å². The summed E-state index contributed by atoms with van der Waals surface area (Å²) in [6, 6.07) is 15.6. The highest BCUT2D eigenvalue weighted by atomic mass is 16.5. The van der Waals surface area contributed by atoms with Crippen molar-refractivity contribution in [1.29, 1.82) is 0 Å². The van der Waals surface area contributed by atoms with Gasteiger partial charge in [-0.3, -0.25) is 4.79 Å². The Balaban J connectivity index is 1.72. The number of hydrogen-bond donors (Lipinski definition) is 1. The van der Waals surface area contributed by atoms with E-state index in [1.54, 1.807) is 7.11 Å². The molecule has 0 spiro atoms. The van der Waals surface area contributed by atoms with Crippen LogP contribution in [0, 0.1) is 0 Å². The molecule has 1 heterocycles. The van der Waals surface area contributed by atoms with E-state index in [0.717, 1.165) is 23.4 Å². The van der Waals surface area contributed by atoms with Crippen LogP contribution in [0.2, 0.25) is 0 Å². The summed E-state index contributed by atoms with van der Waals surface area (Å²) in [5.74, 6) is 0.974. The van der Waals surface area contributed by atoms with E-state index in [-0.39, 0.29) is 11.8 Å². The van der Waals surface area contributed by atoms with Crippen LogP contribution in [0.25, 0.3) is 0 Å². The van der Waals surface area contributed by atoms with E-state index in [1.807, 2.05) is 42.5 Å². The van der Waals surface area contributed by atoms with Crippen LogP contribution >= 0.6 is 0 Å². The highest BCUT2D eigenvalue weighted by Crippen LogP contribution is 2.27. The predicted molar refractivity (Wildman–Crippen MR) is 79.3 cm³/mol. The highest BCUT2D eigenvalue weighted by molar-refractivity contribution is 5.91. The van der Waals surface area contributed by atoms with Gasteiger partial charge in [0.1, 0.15) is 5.75 Å². The molecule has 0 aliphatic carbocycles. The molecule has 2 aromatic rings. The molecule has 0 saturated heterocycles. The van der Waals surface area contributed by atoms with E-state index < -0.39 is 0 Å². The van der Waals surface area contributed by atoms with E-state index >= 15 is 0 Å². The standard InChI is InChI=1S/C17H17NO2/c1-20-17-9-5-3-7-13(17)11-16(19)15-10-12-6-2-4-8-14(12)18-15/h2-9,15,18H,10-11H2,1H3. The first-order valence-electron chi connectivity index (χ1n) is 6.77. The second-order valence-electron chi connectivity index (χ2n) is 5.01. The quantitative estimate of drug-likeness (QED) is 0.925. The van der Waals surface area contributed by atoms with Crippen molar-refractivity contribution >= 4 is 11.5 Å². The van der Waals surface area contributed by atoms with E-state index in [0.29, 0.717) is 6.42 Å². The minimum Gasteiger partial charge on any atom is -0.496 e. The van der Waals surface area contributed by atoms with Crippen molar-refractivity contribution < 1.29 is 9.53 Å². The second kappa shape index (κ2) is 5.37. The molecule has 0 saturated carbocycles. The Hall–Kier alpha value is -2.29. The first-order chi connectivity index (χ1) is 9.78. The van der Waals surface area contributed by atoms with E-state index in [9.17, 15) is 4.79 Å². The number of methoxy groups -OCH3 is 1. The van der Waals surface area contributed by atoms with Gasteiger partial charge in [-0.2, -0.15) is 0 Å². The topological polar surface area (TPSA) is 38.3 Å². The Morgan fingerprint density at radius 1 is 1.20 bits per heavy atom. The Morgan fingerprint density at radius 2 is 1.95 bits per heavy atom. The molecule has 1 aliphatic rings. The number of fused-ring (bicyclic) bond motifs is 1. The molecule has 102 valence electrons. The van der Waals surface area contributed by atoms with Gasteiger partial charge in [0.05, 0.1) is 13.2 Å². The van der Waals surface area contributed by atoms with Crippen LogP contribution in [0.4, 0.5) is 5.69 Å². The normalized spacial score (nSPS) is 16.4. The van der Waals surface area contributed by atoms with Crippen LogP contribution in [0.1, 0.15) is 11.1 Å². The van der Waals surface area contributed by atoms with Crippen LogP contribution in [0.5, 0.6) is 5.75 Å². The van der Waals surface area contributed by atoms with Gasteiger partial charge in [0.15, 0.2) is 5.78 Å². The van der Waals surface area contributed by atoms with Crippen LogP contribution < -0.4 is 10.1 Å². The summed E-state index contributed by atoms with van der Waals surface area (Å²) >= 11 is 0. The van der Waals surface area contributed by atoms with Gasteiger partial charge in [0.2, 0.25) is 0 Å². The Morgan fingerprint density at radius 3 is 2.75 bits per heavy atom. The molecule has 1 unspecified atom stereocenters.